The van der Waals surface area contributed by atoms with Crippen molar-refractivity contribution in [1.82, 2.24) is 14.5 Å². The van der Waals surface area contributed by atoms with Crippen molar-refractivity contribution in [2.75, 3.05) is 20.2 Å². The molecule has 0 aliphatic rings. The number of carbonyl (C=O) groups is 3. The maximum Gasteiger partial charge on any atom is 0.328 e. The van der Waals surface area contributed by atoms with Crippen molar-refractivity contribution in [1.29, 1.82) is 0 Å². The van der Waals surface area contributed by atoms with E-state index in [9.17, 15) is 24.0 Å². The van der Waals surface area contributed by atoms with Gasteiger partial charge in [-0.1, -0.05) is 0 Å². The van der Waals surface area contributed by atoms with Crippen molar-refractivity contribution in [3.05, 3.63) is 32.6 Å². The predicted molar refractivity (Wildman–Crippen MR) is 103 cm³/mol. The maximum absolute atomic E-state index is 12.6. The first-order valence-electron chi connectivity index (χ1n) is 8.97. The number of ether oxygens (including phenoxy) is 2. The Hall–Kier alpha value is -2.95. The molecular formula is C18H28N4O7. The van der Waals surface area contributed by atoms with Crippen LogP contribution in [0.1, 0.15) is 32.8 Å². The molecule has 0 radical (unpaired) electrons. The van der Waals surface area contributed by atoms with E-state index in [1.807, 2.05) is 0 Å². The van der Waals surface area contributed by atoms with Crippen molar-refractivity contribution in [3.63, 3.8) is 0 Å². The van der Waals surface area contributed by atoms with Crippen LogP contribution in [-0.2, 0) is 30.4 Å². The van der Waals surface area contributed by atoms with Gasteiger partial charge in [0.05, 0.1) is 7.11 Å². The number of hydrogen-bond acceptors (Lipinski definition) is 8. The van der Waals surface area contributed by atoms with E-state index in [-0.39, 0.29) is 25.1 Å². The summed E-state index contributed by atoms with van der Waals surface area (Å²) in [5.41, 5.74) is 4.07. The van der Waals surface area contributed by atoms with Gasteiger partial charge in [0.15, 0.2) is 0 Å². The second-order valence-electron chi connectivity index (χ2n) is 7.52. The van der Waals surface area contributed by atoms with Crippen molar-refractivity contribution < 1.29 is 23.9 Å². The van der Waals surface area contributed by atoms with Gasteiger partial charge in [-0.25, -0.2) is 4.79 Å². The molecule has 1 aromatic rings. The molecule has 3 N–H and O–H groups in total. The summed E-state index contributed by atoms with van der Waals surface area (Å²) in [6.07, 6.45) is 1.29. The summed E-state index contributed by atoms with van der Waals surface area (Å²) in [6.45, 7) is 5.77. The van der Waals surface area contributed by atoms with Gasteiger partial charge in [0.2, 0.25) is 5.91 Å². The van der Waals surface area contributed by atoms with Crippen LogP contribution >= 0.6 is 0 Å². The first kappa shape index (κ1) is 24.1. The fourth-order valence-electron chi connectivity index (χ4n) is 2.28. The van der Waals surface area contributed by atoms with E-state index in [1.165, 1.54) is 20.2 Å². The maximum atomic E-state index is 12.6. The van der Waals surface area contributed by atoms with Gasteiger partial charge in [0.25, 0.3) is 5.56 Å². The number of aromatic amines is 1. The number of hydrogen-bond donors (Lipinski definition) is 2. The minimum absolute atomic E-state index is 0.0363. The lowest BCUT2D eigenvalue weighted by atomic mass is 10.1. The van der Waals surface area contributed by atoms with Crippen LogP contribution in [0.5, 0.6) is 0 Å². The number of H-pyrrole nitrogens is 1. The number of carbonyl (C=O) groups excluding carboxylic acids is 3. The molecule has 0 saturated carbocycles. The third kappa shape index (κ3) is 7.90. The number of amides is 1. The van der Waals surface area contributed by atoms with Crippen molar-refractivity contribution in [2.24, 2.45) is 5.73 Å². The fourth-order valence-corrected chi connectivity index (χ4v) is 2.28. The highest BCUT2D eigenvalue weighted by Crippen LogP contribution is 2.09. The van der Waals surface area contributed by atoms with E-state index < -0.39 is 47.3 Å². The summed E-state index contributed by atoms with van der Waals surface area (Å²) in [5.74, 6) is -1.88. The number of esters is 2. The number of rotatable bonds is 8. The molecule has 0 spiro atoms. The van der Waals surface area contributed by atoms with Crippen LogP contribution in [0.4, 0.5) is 0 Å². The van der Waals surface area contributed by atoms with Crippen LogP contribution in [0.2, 0.25) is 0 Å². The van der Waals surface area contributed by atoms with Crippen molar-refractivity contribution >= 4 is 17.8 Å². The lowest BCUT2D eigenvalue weighted by molar-refractivity contribution is -0.157. The molecule has 1 heterocycles. The Morgan fingerprint density at radius 2 is 1.90 bits per heavy atom. The third-order valence-corrected chi connectivity index (χ3v) is 3.81. The van der Waals surface area contributed by atoms with Gasteiger partial charge in [-0.2, -0.15) is 0 Å². The Balaban J connectivity index is 2.89. The third-order valence-electron chi connectivity index (χ3n) is 3.81. The molecular weight excluding hydrogens is 384 g/mol. The van der Waals surface area contributed by atoms with E-state index in [4.69, 9.17) is 10.5 Å². The zero-order valence-corrected chi connectivity index (χ0v) is 17.3. The number of nitrogens with two attached hydrogens (primary N) is 1. The van der Waals surface area contributed by atoms with E-state index in [1.54, 1.807) is 20.8 Å². The second kappa shape index (κ2) is 10.0. The summed E-state index contributed by atoms with van der Waals surface area (Å²) in [4.78, 5) is 62.9. The Bertz CT molecular complexity index is 866. The summed E-state index contributed by atoms with van der Waals surface area (Å²) < 4.78 is 10.8. The smallest absolute Gasteiger partial charge is 0.328 e. The van der Waals surface area contributed by atoms with Crippen molar-refractivity contribution in [2.45, 2.75) is 52.3 Å². The number of nitrogens with zero attached hydrogens (tertiary/aromatic N) is 2. The van der Waals surface area contributed by atoms with Gasteiger partial charge in [-0.05, 0) is 34.1 Å². The lowest BCUT2D eigenvalue weighted by Crippen LogP contribution is -2.45. The van der Waals surface area contributed by atoms with Gasteiger partial charge in [-0.15, -0.1) is 0 Å². The number of methoxy groups -OCH3 is 1. The normalized spacial score (nSPS) is 12.2. The Labute approximate surface area is 167 Å². The van der Waals surface area contributed by atoms with Gasteiger partial charge in [-0.3, -0.25) is 28.7 Å². The lowest BCUT2D eigenvalue weighted by Gasteiger charge is -2.25. The molecule has 0 aliphatic heterocycles. The zero-order valence-electron chi connectivity index (χ0n) is 17.3. The van der Waals surface area contributed by atoms with Crippen LogP contribution in [0, 0.1) is 6.92 Å². The number of aryl methyl sites for hydroxylation is 1. The molecule has 0 bridgehead atoms. The molecule has 0 fully saturated rings. The first-order valence-corrected chi connectivity index (χ1v) is 8.97. The standard InChI is InChI=1S/C18H28N4O7/c1-11-8-22(17(27)20-15(11)25)9-13(23)21(10-14(24)28-5)7-6-12(19)16(26)29-18(2,3)4/h8,12H,6-7,9-10,19H2,1-5H3,(H,20,25,27). The quantitative estimate of drug-likeness (QED) is 0.510. The van der Waals surface area contributed by atoms with Gasteiger partial charge >= 0.3 is 17.6 Å². The topological polar surface area (TPSA) is 154 Å². The molecule has 29 heavy (non-hydrogen) atoms. The van der Waals surface area contributed by atoms with Gasteiger partial charge in [0, 0.05) is 18.3 Å². The fraction of sp³-hybridized carbons (Fsp3) is 0.611. The predicted octanol–water partition coefficient (Wildman–Crippen LogP) is -1.09. The van der Waals surface area contributed by atoms with Crippen LogP contribution < -0.4 is 17.0 Å². The largest absolute Gasteiger partial charge is 0.468 e. The molecule has 162 valence electrons. The minimum atomic E-state index is -1.000. The zero-order chi connectivity index (χ0) is 22.4. The average molecular weight is 412 g/mol. The molecule has 0 aliphatic carbocycles. The average Bonchev–Trinajstić information content (AvgIpc) is 2.60. The Morgan fingerprint density at radius 1 is 1.28 bits per heavy atom. The SMILES string of the molecule is COC(=O)CN(CCC(N)C(=O)OC(C)(C)C)C(=O)Cn1cc(C)c(=O)[nH]c1=O. The molecule has 11 heteroatoms. The van der Waals surface area contributed by atoms with Crippen LogP contribution in [0.3, 0.4) is 0 Å². The van der Waals surface area contributed by atoms with Crippen LogP contribution in [0.25, 0.3) is 0 Å². The van der Waals surface area contributed by atoms with Crippen molar-refractivity contribution in [3.8, 4) is 0 Å². The van der Waals surface area contributed by atoms with E-state index in [2.05, 4.69) is 9.72 Å². The molecule has 1 unspecified atom stereocenters. The molecule has 11 nitrogen and oxygen atoms in total. The number of aromatic nitrogens is 2. The second-order valence-corrected chi connectivity index (χ2v) is 7.52. The van der Waals surface area contributed by atoms with E-state index >= 15 is 0 Å². The summed E-state index contributed by atoms with van der Waals surface area (Å²) in [5, 5.41) is 0. The minimum Gasteiger partial charge on any atom is -0.468 e. The van der Waals surface area contributed by atoms with Crippen LogP contribution in [0.15, 0.2) is 15.8 Å². The molecule has 1 atom stereocenters. The summed E-state index contributed by atoms with van der Waals surface area (Å²) in [6, 6.07) is -1.000. The van der Waals surface area contributed by atoms with Gasteiger partial charge < -0.3 is 20.1 Å². The van der Waals surface area contributed by atoms with E-state index in [0.717, 1.165) is 9.47 Å². The number of nitrogens with one attached hydrogen (secondary N) is 1. The Morgan fingerprint density at radius 3 is 2.45 bits per heavy atom. The summed E-state index contributed by atoms with van der Waals surface area (Å²) in [7, 11) is 1.17. The molecule has 1 aromatic heterocycles. The molecule has 1 amide bonds. The molecule has 1 rings (SSSR count). The Kier molecular flexibility index (Phi) is 8.31. The highest BCUT2D eigenvalue weighted by molar-refractivity contribution is 5.82. The van der Waals surface area contributed by atoms with Gasteiger partial charge in [0.1, 0.15) is 24.7 Å². The highest BCUT2D eigenvalue weighted by atomic mass is 16.6. The summed E-state index contributed by atoms with van der Waals surface area (Å²) >= 11 is 0. The molecule has 0 saturated heterocycles. The molecule has 0 aromatic carbocycles. The monoisotopic (exact) mass is 412 g/mol. The van der Waals surface area contributed by atoms with E-state index in [0.29, 0.717) is 0 Å². The first-order chi connectivity index (χ1) is 13.3. The van der Waals surface area contributed by atoms with Crippen LogP contribution in [-0.4, -0.2) is 64.1 Å². The highest BCUT2D eigenvalue weighted by Gasteiger charge is 2.25.